The van der Waals surface area contributed by atoms with Gasteiger partial charge in [-0.1, -0.05) is 0 Å². The molecule has 0 saturated carbocycles. The van der Waals surface area contributed by atoms with Crippen molar-refractivity contribution < 1.29 is 4.74 Å². The summed E-state index contributed by atoms with van der Waals surface area (Å²) in [4.78, 5) is 0. The van der Waals surface area contributed by atoms with E-state index in [9.17, 15) is 0 Å². The number of rotatable bonds is 2. The van der Waals surface area contributed by atoms with E-state index in [1.165, 1.54) is 25.9 Å². The SMILES string of the molecule is COCC1CCCN(I)C1. The predicted octanol–water partition coefficient (Wildman–Crippen LogP) is 1.69. The van der Waals surface area contributed by atoms with Gasteiger partial charge in [0, 0.05) is 43.1 Å². The molecule has 0 spiro atoms. The van der Waals surface area contributed by atoms with Crippen LogP contribution in [0.15, 0.2) is 0 Å². The number of methoxy groups -OCH3 is 1. The number of nitrogens with zero attached hydrogens (tertiary/aromatic N) is 1. The standard InChI is InChI=1S/C7H14INO/c1-10-6-7-3-2-4-9(8)5-7/h7H,2-6H2,1H3. The van der Waals surface area contributed by atoms with Gasteiger partial charge < -0.3 is 4.74 Å². The minimum absolute atomic E-state index is 0.774. The Balaban J connectivity index is 2.18. The zero-order chi connectivity index (χ0) is 7.40. The molecule has 1 aliphatic rings. The summed E-state index contributed by atoms with van der Waals surface area (Å²) in [5.74, 6) is 0.774. The van der Waals surface area contributed by atoms with Gasteiger partial charge in [0.15, 0.2) is 0 Å². The molecule has 0 aliphatic carbocycles. The van der Waals surface area contributed by atoms with E-state index in [1.807, 2.05) is 0 Å². The second-order valence-corrected chi connectivity index (χ2v) is 4.20. The van der Waals surface area contributed by atoms with Gasteiger partial charge in [0.25, 0.3) is 0 Å². The van der Waals surface area contributed by atoms with E-state index >= 15 is 0 Å². The molecule has 0 radical (unpaired) electrons. The third kappa shape index (κ3) is 2.72. The predicted molar refractivity (Wildman–Crippen MR) is 50.2 cm³/mol. The van der Waals surface area contributed by atoms with Gasteiger partial charge in [-0.25, -0.2) is 3.11 Å². The summed E-state index contributed by atoms with van der Waals surface area (Å²) in [6, 6.07) is 0. The Morgan fingerprint density at radius 1 is 1.70 bits per heavy atom. The second-order valence-electron chi connectivity index (χ2n) is 2.83. The molecule has 1 aliphatic heterocycles. The molecule has 0 aromatic heterocycles. The van der Waals surface area contributed by atoms with Crippen molar-refractivity contribution in [2.75, 3.05) is 26.8 Å². The third-order valence-corrected chi connectivity index (χ3v) is 2.75. The summed E-state index contributed by atoms with van der Waals surface area (Å²) in [6.07, 6.45) is 2.67. The number of piperidine rings is 1. The minimum Gasteiger partial charge on any atom is -0.384 e. The van der Waals surface area contributed by atoms with Crippen LogP contribution in [0.1, 0.15) is 12.8 Å². The highest BCUT2D eigenvalue weighted by Gasteiger charge is 2.17. The molecule has 1 unspecified atom stereocenters. The van der Waals surface area contributed by atoms with Crippen LogP contribution in [0, 0.1) is 5.92 Å². The molecule has 2 nitrogen and oxygen atoms in total. The number of hydrogen-bond donors (Lipinski definition) is 0. The van der Waals surface area contributed by atoms with E-state index in [0.29, 0.717) is 0 Å². The first kappa shape index (κ1) is 8.74. The monoisotopic (exact) mass is 255 g/mol. The molecular formula is C7H14INO. The highest BCUT2D eigenvalue weighted by molar-refractivity contribution is 14.1. The fourth-order valence-electron chi connectivity index (χ4n) is 1.39. The molecule has 10 heavy (non-hydrogen) atoms. The molecule has 0 amide bonds. The van der Waals surface area contributed by atoms with Gasteiger partial charge in [0.1, 0.15) is 0 Å². The number of hydrogen-bond acceptors (Lipinski definition) is 2. The maximum atomic E-state index is 5.10. The molecule has 1 rings (SSSR count). The zero-order valence-electron chi connectivity index (χ0n) is 6.35. The summed E-state index contributed by atoms with van der Waals surface area (Å²) in [6.45, 7) is 3.38. The van der Waals surface area contributed by atoms with E-state index in [4.69, 9.17) is 4.74 Å². The van der Waals surface area contributed by atoms with Gasteiger partial charge in [0.2, 0.25) is 0 Å². The van der Waals surface area contributed by atoms with Gasteiger partial charge in [-0.15, -0.1) is 0 Å². The Bertz CT molecular complexity index is 97.6. The van der Waals surface area contributed by atoms with Gasteiger partial charge in [-0.2, -0.15) is 0 Å². The minimum atomic E-state index is 0.774. The van der Waals surface area contributed by atoms with Crippen LogP contribution in [-0.2, 0) is 4.74 Å². The van der Waals surface area contributed by atoms with Crippen molar-refractivity contribution in [3.63, 3.8) is 0 Å². The van der Waals surface area contributed by atoms with Crippen LogP contribution >= 0.6 is 22.9 Å². The van der Waals surface area contributed by atoms with Crippen LogP contribution < -0.4 is 0 Å². The first-order valence-electron chi connectivity index (χ1n) is 3.72. The Hall–Kier alpha value is 0.650. The molecule has 0 bridgehead atoms. The van der Waals surface area contributed by atoms with Gasteiger partial charge in [-0.3, -0.25) is 0 Å². The van der Waals surface area contributed by atoms with Crippen molar-refractivity contribution in [1.82, 2.24) is 3.11 Å². The van der Waals surface area contributed by atoms with Gasteiger partial charge in [0.05, 0.1) is 6.61 Å². The Morgan fingerprint density at radius 2 is 2.50 bits per heavy atom. The lowest BCUT2D eigenvalue weighted by Gasteiger charge is -2.27. The molecule has 1 saturated heterocycles. The van der Waals surface area contributed by atoms with Crippen LogP contribution in [0.3, 0.4) is 0 Å². The molecule has 0 aromatic rings. The largest absolute Gasteiger partial charge is 0.384 e. The van der Waals surface area contributed by atoms with Crippen LogP contribution in [0.2, 0.25) is 0 Å². The lowest BCUT2D eigenvalue weighted by molar-refractivity contribution is 0.125. The average molecular weight is 255 g/mol. The smallest absolute Gasteiger partial charge is 0.0503 e. The quantitative estimate of drug-likeness (QED) is 0.550. The third-order valence-electron chi connectivity index (χ3n) is 1.87. The van der Waals surface area contributed by atoms with E-state index in [0.717, 1.165) is 12.5 Å². The molecule has 1 heterocycles. The summed E-state index contributed by atoms with van der Waals surface area (Å²) in [5, 5.41) is 0. The molecule has 1 atom stereocenters. The van der Waals surface area contributed by atoms with E-state index < -0.39 is 0 Å². The Kier molecular flexibility index (Phi) is 3.95. The van der Waals surface area contributed by atoms with Crippen molar-refractivity contribution in [3.8, 4) is 0 Å². The van der Waals surface area contributed by atoms with Crippen LogP contribution in [0.5, 0.6) is 0 Å². The maximum absolute atomic E-state index is 5.10. The van der Waals surface area contributed by atoms with E-state index in [-0.39, 0.29) is 0 Å². The lowest BCUT2D eigenvalue weighted by atomic mass is 10.0. The topological polar surface area (TPSA) is 12.5 Å². The molecule has 3 heteroatoms. The highest BCUT2D eigenvalue weighted by atomic mass is 127. The van der Waals surface area contributed by atoms with E-state index in [2.05, 4.69) is 26.0 Å². The van der Waals surface area contributed by atoms with Crippen molar-refractivity contribution in [2.24, 2.45) is 5.92 Å². The first-order valence-corrected chi connectivity index (χ1v) is 4.69. The number of halogens is 1. The molecular weight excluding hydrogens is 241 g/mol. The molecule has 0 aromatic carbocycles. The molecule has 0 N–H and O–H groups in total. The van der Waals surface area contributed by atoms with Crippen LogP contribution in [-0.4, -0.2) is 29.9 Å². The van der Waals surface area contributed by atoms with Crippen molar-refractivity contribution in [2.45, 2.75) is 12.8 Å². The van der Waals surface area contributed by atoms with Crippen molar-refractivity contribution in [3.05, 3.63) is 0 Å². The van der Waals surface area contributed by atoms with Gasteiger partial charge in [-0.05, 0) is 18.8 Å². The molecule has 60 valence electrons. The molecule has 1 fully saturated rings. The number of ether oxygens (including phenoxy) is 1. The lowest BCUT2D eigenvalue weighted by Crippen LogP contribution is -2.30. The summed E-state index contributed by atoms with van der Waals surface area (Å²) < 4.78 is 7.45. The highest BCUT2D eigenvalue weighted by Crippen LogP contribution is 2.18. The zero-order valence-corrected chi connectivity index (χ0v) is 8.50. The van der Waals surface area contributed by atoms with Crippen LogP contribution in [0.4, 0.5) is 0 Å². The van der Waals surface area contributed by atoms with E-state index in [1.54, 1.807) is 7.11 Å². The van der Waals surface area contributed by atoms with Crippen LogP contribution in [0.25, 0.3) is 0 Å². The van der Waals surface area contributed by atoms with Crippen molar-refractivity contribution in [1.29, 1.82) is 0 Å². The van der Waals surface area contributed by atoms with Gasteiger partial charge >= 0.3 is 0 Å². The second kappa shape index (κ2) is 4.51. The summed E-state index contributed by atoms with van der Waals surface area (Å²) in [7, 11) is 1.78. The van der Waals surface area contributed by atoms with Crippen molar-refractivity contribution >= 4 is 22.9 Å². The summed E-state index contributed by atoms with van der Waals surface area (Å²) >= 11 is 2.39. The fourth-order valence-corrected chi connectivity index (χ4v) is 2.28. The Morgan fingerprint density at radius 3 is 3.10 bits per heavy atom. The summed E-state index contributed by atoms with van der Waals surface area (Å²) in [5.41, 5.74) is 0. The normalized spacial score (nSPS) is 28.8. The average Bonchev–Trinajstić information content (AvgIpc) is 1.88. The maximum Gasteiger partial charge on any atom is 0.0503 e. The first-order chi connectivity index (χ1) is 4.83. The Labute approximate surface area is 76.4 Å². The fraction of sp³-hybridized carbons (Fsp3) is 1.00.